The van der Waals surface area contributed by atoms with Crippen LogP contribution in [0.25, 0.3) is 28.8 Å². The maximum absolute atomic E-state index is 5.41. The molecule has 1 aliphatic rings. The second-order valence-electron chi connectivity index (χ2n) is 7.25. The van der Waals surface area contributed by atoms with Crippen LogP contribution in [0.2, 0.25) is 0 Å². The molecule has 0 radical (unpaired) electrons. The molecule has 1 atom stereocenters. The number of hydrogen-bond acceptors (Lipinski definition) is 8. The van der Waals surface area contributed by atoms with Gasteiger partial charge in [-0.15, -0.1) is 5.10 Å². The lowest BCUT2D eigenvalue weighted by Gasteiger charge is -2.22. The van der Waals surface area contributed by atoms with Crippen molar-refractivity contribution in [2.75, 3.05) is 13.1 Å². The Balaban J connectivity index is 1.36. The molecule has 5 heterocycles. The number of aromatic nitrogens is 8. The predicted octanol–water partition coefficient (Wildman–Crippen LogP) is 2.12. The smallest absolute Gasteiger partial charge is 0.280 e. The maximum atomic E-state index is 5.41. The summed E-state index contributed by atoms with van der Waals surface area (Å²) in [5.41, 5.74) is 3.31. The van der Waals surface area contributed by atoms with Gasteiger partial charge in [0.2, 0.25) is 5.82 Å². The molecule has 0 amide bonds. The lowest BCUT2D eigenvalue weighted by Crippen LogP contribution is -2.31. The number of rotatable bonds is 4. The molecule has 10 nitrogen and oxygen atoms in total. The summed E-state index contributed by atoms with van der Waals surface area (Å²) in [5.74, 6) is 1.55. The van der Waals surface area contributed by atoms with E-state index in [1.165, 1.54) is 0 Å². The number of aryl methyl sites for hydroxylation is 2. The fraction of sp³-hybridized carbons (Fsp3) is 0.368. The Labute approximate surface area is 167 Å². The predicted molar refractivity (Wildman–Crippen MR) is 104 cm³/mol. The van der Waals surface area contributed by atoms with Gasteiger partial charge in [0.25, 0.3) is 5.89 Å². The molecule has 10 heteroatoms. The van der Waals surface area contributed by atoms with Crippen LogP contribution in [0, 0.1) is 13.8 Å². The van der Waals surface area contributed by atoms with Crippen LogP contribution in [-0.2, 0) is 0 Å². The summed E-state index contributed by atoms with van der Waals surface area (Å²) >= 11 is 0. The van der Waals surface area contributed by atoms with Crippen molar-refractivity contribution >= 4 is 0 Å². The van der Waals surface area contributed by atoms with E-state index in [9.17, 15) is 0 Å². The van der Waals surface area contributed by atoms with Crippen LogP contribution in [0.4, 0.5) is 0 Å². The van der Waals surface area contributed by atoms with Crippen LogP contribution in [0.15, 0.2) is 35.1 Å². The van der Waals surface area contributed by atoms with Gasteiger partial charge in [0.05, 0.1) is 17.9 Å². The van der Waals surface area contributed by atoms with E-state index < -0.39 is 0 Å². The zero-order valence-corrected chi connectivity index (χ0v) is 16.3. The molecule has 0 aliphatic carbocycles. The summed E-state index contributed by atoms with van der Waals surface area (Å²) in [7, 11) is 0. The standard InChI is InChI=1S/C19H21N9O/c1-12-8-13(2)28(24-12)17-6-5-14(9-21-17)18-22-19(29-25-18)16-11-27(26-23-16)15-4-3-7-20-10-15/h5-6,8-9,11,15,20H,3-4,7,10H2,1-2H3. The molecule has 0 saturated carbocycles. The minimum atomic E-state index is 0.304. The Kier molecular flexibility index (Phi) is 4.39. The highest BCUT2D eigenvalue weighted by Crippen LogP contribution is 2.23. The van der Waals surface area contributed by atoms with Crippen LogP contribution < -0.4 is 5.32 Å². The highest BCUT2D eigenvalue weighted by molar-refractivity contribution is 5.57. The zero-order chi connectivity index (χ0) is 19.8. The molecule has 1 unspecified atom stereocenters. The molecule has 1 saturated heterocycles. The van der Waals surface area contributed by atoms with Crippen molar-refractivity contribution in [3.8, 4) is 28.8 Å². The lowest BCUT2D eigenvalue weighted by atomic mass is 10.1. The van der Waals surface area contributed by atoms with Crippen molar-refractivity contribution in [2.24, 2.45) is 0 Å². The third kappa shape index (κ3) is 3.42. The van der Waals surface area contributed by atoms with Gasteiger partial charge in [0.1, 0.15) is 0 Å². The molecule has 5 rings (SSSR count). The van der Waals surface area contributed by atoms with Gasteiger partial charge < -0.3 is 9.84 Å². The molecule has 1 aliphatic heterocycles. The van der Waals surface area contributed by atoms with Crippen molar-refractivity contribution in [2.45, 2.75) is 32.7 Å². The second-order valence-corrected chi connectivity index (χ2v) is 7.25. The molecule has 4 aromatic rings. The van der Waals surface area contributed by atoms with E-state index in [-0.39, 0.29) is 0 Å². The number of hydrogen-bond donors (Lipinski definition) is 1. The number of nitrogens with one attached hydrogen (secondary N) is 1. The van der Waals surface area contributed by atoms with Gasteiger partial charge in [-0.3, -0.25) is 0 Å². The summed E-state index contributed by atoms with van der Waals surface area (Å²) < 4.78 is 9.08. The van der Waals surface area contributed by atoms with Crippen LogP contribution in [-0.4, -0.2) is 53.0 Å². The molecule has 148 valence electrons. The number of nitrogens with zero attached hydrogens (tertiary/aromatic N) is 8. The summed E-state index contributed by atoms with van der Waals surface area (Å²) in [5, 5.41) is 20.3. The first-order valence-corrected chi connectivity index (χ1v) is 9.64. The van der Waals surface area contributed by atoms with Crippen LogP contribution >= 0.6 is 0 Å². The molecule has 1 N–H and O–H groups in total. The van der Waals surface area contributed by atoms with Crippen molar-refractivity contribution < 1.29 is 4.52 Å². The van der Waals surface area contributed by atoms with Crippen molar-refractivity contribution in [3.05, 3.63) is 42.0 Å². The molecule has 29 heavy (non-hydrogen) atoms. The molecule has 4 aromatic heterocycles. The van der Waals surface area contributed by atoms with Crippen molar-refractivity contribution in [1.29, 1.82) is 0 Å². The first-order valence-electron chi connectivity index (χ1n) is 9.64. The second kappa shape index (κ2) is 7.21. The van der Waals surface area contributed by atoms with Crippen LogP contribution in [0.5, 0.6) is 0 Å². The Morgan fingerprint density at radius 2 is 2.17 bits per heavy atom. The van der Waals surface area contributed by atoms with Crippen LogP contribution in [0.1, 0.15) is 30.3 Å². The van der Waals surface area contributed by atoms with E-state index in [1.807, 2.05) is 42.9 Å². The fourth-order valence-corrected chi connectivity index (χ4v) is 3.56. The van der Waals surface area contributed by atoms with Crippen molar-refractivity contribution in [1.82, 2.24) is 45.2 Å². The van der Waals surface area contributed by atoms with E-state index in [0.29, 0.717) is 23.5 Å². The molecular formula is C19H21N9O. The Morgan fingerprint density at radius 1 is 1.24 bits per heavy atom. The molecule has 0 spiro atoms. The van der Waals surface area contributed by atoms with E-state index in [0.717, 1.165) is 48.7 Å². The van der Waals surface area contributed by atoms with Gasteiger partial charge in [-0.1, -0.05) is 10.4 Å². The first kappa shape index (κ1) is 17.7. The summed E-state index contributed by atoms with van der Waals surface area (Å²) in [6.45, 7) is 5.90. The summed E-state index contributed by atoms with van der Waals surface area (Å²) in [6.07, 6.45) is 5.79. The van der Waals surface area contributed by atoms with Gasteiger partial charge in [-0.2, -0.15) is 10.1 Å². The maximum Gasteiger partial charge on any atom is 0.280 e. The Hall–Kier alpha value is -3.40. The third-order valence-corrected chi connectivity index (χ3v) is 5.03. The van der Waals surface area contributed by atoms with Gasteiger partial charge in [-0.05, 0) is 51.4 Å². The van der Waals surface area contributed by atoms with Crippen molar-refractivity contribution in [3.63, 3.8) is 0 Å². The lowest BCUT2D eigenvalue weighted by molar-refractivity contribution is 0.341. The van der Waals surface area contributed by atoms with E-state index in [4.69, 9.17) is 4.52 Å². The summed E-state index contributed by atoms with van der Waals surface area (Å²) in [4.78, 5) is 8.95. The normalized spacial score (nSPS) is 17.0. The SMILES string of the molecule is Cc1cc(C)n(-c2ccc(-c3noc(-c4cn(C5CCCNC5)nn4)n3)cn2)n1. The Bertz CT molecular complexity index is 1120. The minimum Gasteiger partial charge on any atom is -0.332 e. The van der Waals surface area contributed by atoms with Gasteiger partial charge in [0.15, 0.2) is 11.5 Å². The monoisotopic (exact) mass is 391 g/mol. The largest absolute Gasteiger partial charge is 0.332 e. The average molecular weight is 391 g/mol. The zero-order valence-electron chi connectivity index (χ0n) is 16.3. The third-order valence-electron chi connectivity index (χ3n) is 5.03. The average Bonchev–Trinajstić information content (AvgIpc) is 3.48. The van der Waals surface area contributed by atoms with E-state index >= 15 is 0 Å². The first-order chi connectivity index (χ1) is 14.2. The highest BCUT2D eigenvalue weighted by atomic mass is 16.5. The quantitative estimate of drug-likeness (QED) is 0.563. The minimum absolute atomic E-state index is 0.304. The van der Waals surface area contributed by atoms with Gasteiger partial charge >= 0.3 is 0 Å². The van der Waals surface area contributed by atoms with Crippen LogP contribution in [0.3, 0.4) is 0 Å². The fourth-order valence-electron chi connectivity index (χ4n) is 3.56. The van der Waals surface area contributed by atoms with E-state index in [2.05, 4.69) is 35.9 Å². The molecule has 0 bridgehead atoms. The molecule has 0 aromatic carbocycles. The Morgan fingerprint density at radius 3 is 2.90 bits per heavy atom. The van der Waals surface area contributed by atoms with Gasteiger partial charge in [0, 0.05) is 24.0 Å². The molecular weight excluding hydrogens is 370 g/mol. The molecule has 1 fully saturated rings. The number of pyridine rings is 1. The summed E-state index contributed by atoms with van der Waals surface area (Å²) in [6, 6.07) is 6.10. The topological polar surface area (TPSA) is 112 Å². The van der Waals surface area contributed by atoms with E-state index in [1.54, 1.807) is 10.9 Å². The van der Waals surface area contributed by atoms with Gasteiger partial charge in [-0.25, -0.2) is 14.3 Å². The highest BCUT2D eigenvalue weighted by Gasteiger charge is 2.19. The number of piperidine rings is 1.